The zero-order chi connectivity index (χ0) is 16.0. The van der Waals surface area contributed by atoms with E-state index in [1.54, 1.807) is 6.92 Å². The molecule has 0 atom stereocenters. The van der Waals surface area contributed by atoms with Crippen LogP contribution >= 0.6 is 0 Å². The summed E-state index contributed by atoms with van der Waals surface area (Å²) in [6.07, 6.45) is 1.30. The molecule has 0 aliphatic carbocycles. The lowest BCUT2D eigenvalue weighted by atomic mass is 10.2. The van der Waals surface area contributed by atoms with Crippen LogP contribution in [-0.2, 0) is 19.1 Å². The fraction of sp³-hybridized carbons (Fsp3) is 0.417. The van der Waals surface area contributed by atoms with E-state index in [9.17, 15) is 19.7 Å². The van der Waals surface area contributed by atoms with Crippen molar-refractivity contribution in [1.29, 1.82) is 0 Å². The van der Waals surface area contributed by atoms with Crippen LogP contribution in [0.5, 0.6) is 0 Å². The zero-order valence-electron chi connectivity index (χ0n) is 11.9. The molecule has 0 unspecified atom stereocenters. The quantitative estimate of drug-likeness (QED) is 0.422. The van der Waals surface area contributed by atoms with Gasteiger partial charge in [0.05, 0.1) is 25.2 Å². The normalized spacial score (nSPS) is 9.86. The molecule has 1 rings (SSSR count). The molecule has 0 radical (unpaired) electrons. The van der Waals surface area contributed by atoms with E-state index in [1.165, 1.54) is 31.4 Å². The Morgan fingerprint density at radius 2 is 1.81 bits per heavy atom. The molecule has 114 valence electrons. The number of carbonyl (C=O) groups is 2. The van der Waals surface area contributed by atoms with Crippen LogP contribution in [0.25, 0.3) is 0 Å². The lowest BCUT2D eigenvalue weighted by Crippen LogP contribution is -2.36. The van der Waals surface area contributed by atoms with Gasteiger partial charge in [-0.2, -0.15) is 0 Å². The first-order valence-electron chi connectivity index (χ1n) is 5.88. The van der Waals surface area contributed by atoms with Gasteiger partial charge < -0.3 is 14.4 Å². The summed E-state index contributed by atoms with van der Waals surface area (Å²) >= 11 is 0. The highest BCUT2D eigenvalue weighted by atomic mass is 16.6. The molecule has 21 heavy (non-hydrogen) atoms. The second-order valence-corrected chi connectivity index (χ2v) is 4.09. The van der Waals surface area contributed by atoms with Gasteiger partial charge in [-0.3, -0.25) is 19.7 Å². The first-order valence-corrected chi connectivity index (χ1v) is 5.88. The second-order valence-electron chi connectivity index (χ2n) is 4.09. The summed E-state index contributed by atoms with van der Waals surface area (Å²) in [6.45, 7) is 0.984. The van der Waals surface area contributed by atoms with Crippen molar-refractivity contribution in [2.24, 2.45) is 0 Å². The molecule has 9 heteroatoms. The number of aryl methyl sites for hydroxylation is 1. The fourth-order valence-electron chi connectivity index (χ4n) is 1.53. The Morgan fingerprint density at radius 3 is 2.24 bits per heavy atom. The van der Waals surface area contributed by atoms with Crippen molar-refractivity contribution >= 4 is 23.4 Å². The summed E-state index contributed by atoms with van der Waals surface area (Å²) in [5.74, 6) is -1.10. The molecule has 0 fully saturated rings. The molecule has 0 spiro atoms. The summed E-state index contributed by atoms with van der Waals surface area (Å²) < 4.78 is 9.05. The molecule has 0 N–H and O–H groups in total. The summed E-state index contributed by atoms with van der Waals surface area (Å²) in [5, 5.41) is 10.9. The smallest absolute Gasteiger partial charge is 0.325 e. The van der Waals surface area contributed by atoms with Crippen molar-refractivity contribution in [3.8, 4) is 0 Å². The van der Waals surface area contributed by atoms with Crippen molar-refractivity contribution in [2.45, 2.75) is 6.92 Å². The number of nitrogens with zero attached hydrogens (tertiary/aromatic N) is 3. The summed E-state index contributed by atoms with van der Waals surface area (Å²) in [5.41, 5.74) is 0.222. The molecule has 1 heterocycles. The van der Waals surface area contributed by atoms with Gasteiger partial charge in [0.2, 0.25) is 0 Å². The third kappa shape index (κ3) is 4.41. The molecule has 0 saturated carbocycles. The number of aromatic nitrogens is 1. The minimum atomic E-state index is -0.607. The molecule has 9 nitrogen and oxygen atoms in total. The van der Waals surface area contributed by atoms with E-state index in [2.05, 4.69) is 14.5 Å². The molecule has 0 aromatic carbocycles. The molecule has 0 aliphatic rings. The number of carbonyl (C=O) groups excluding carboxylic acids is 2. The Labute approximate surface area is 120 Å². The van der Waals surface area contributed by atoms with Crippen LogP contribution in [0, 0.1) is 17.0 Å². The Morgan fingerprint density at radius 1 is 1.29 bits per heavy atom. The summed E-state index contributed by atoms with van der Waals surface area (Å²) in [6, 6.07) is 1.20. The maximum atomic E-state index is 11.4. The van der Waals surface area contributed by atoms with E-state index in [0.717, 1.165) is 0 Å². The highest BCUT2D eigenvalue weighted by molar-refractivity contribution is 5.80. The van der Waals surface area contributed by atoms with Gasteiger partial charge in [-0.25, -0.2) is 4.98 Å². The van der Waals surface area contributed by atoms with E-state index in [0.29, 0.717) is 5.56 Å². The number of methoxy groups -OCH3 is 2. The van der Waals surface area contributed by atoms with Gasteiger partial charge in [0.15, 0.2) is 0 Å². The number of hydrogen-bond acceptors (Lipinski definition) is 8. The predicted octanol–water partition coefficient (Wildman–Crippen LogP) is 0.451. The summed E-state index contributed by atoms with van der Waals surface area (Å²) in [4.78, 5) is 38.4. The average molecular weight is 297 g/mol. The van der Waals surface area contributed by atoms with Crippen LogP contribution in [0.15, 0.2) is 12.3 Å². The maximum Gasteiger partial charge on any atom is 0.325 e. The fourth-order valence-corrected chi connectivity index (χ4v) is 1.53. The zero-order valence-corrected chi connectivity index (χ0v) is 11.9. The van der Waals surface area contributed by atoms with Gasteiger partial charge in [-0.15, -0.1) is 0 Å². The number of rotatable bonds is 6. The number of hydrogen-bond donors (Lipinski definition) is 0. The number of nitro groups is 1. The minimum absolute atomic E-state index is 0.114. The Bertz CT molecular complexity index is 542. The highest BCUT2D eigenvalue weighted by Crippen LogP contribution is 2.22. The van der Waals surface area contributed by atoms with Crippen molar-refractivity contribution < 1.29 is 24.0 Å². The van der Waals surface area contributed by atoms with Crippen LogP contribution in [0.4, 0.5) is 11.5 Å². The predicted molar refractivity (Wildman–Crippen MR) is 71.9 cm³/mol. The number of anilines is 1. The molecule has 1 aromatic heterocycles. The van der Waals surface area contributed by atoms with E-state index >= 15 is 0 Å². The van der Waals surface area contributed by atoms with Gasteiger partial charge in [-0.05, 0) is 6.92 Å². The van der Waals surface area contributed by atoms with Crippen LogP contribution in [0.3, 0.4) is 0 Å². The Hall–Kier alpha value is -2.71. The molecular weight excluding hydrogens is 282 g/mol. The highest BCUT2D eigenvalue weighted by Gasteiger charge is 2.20. The topological polar surface area (TPSA) is 112 Å². The Kier molecular flexibility index (Phi) is 5.58. The molecule has 0 saturated heterocycles. The molecule has 0 aliphatic heterocycles. The van der Waals surface area contributed by atoms with Crippen molar-refractivity contribution in [3.63, 3.8) is 0 Å². The second kappa shape index (κ2) is 7.17. The number of ether oxygens (including phenoxy) is 2. The SMILES string of the molecule is COC(=O)CN(CC(=O)OC)c1cc([N+](=O)[O-])c(C)cn1. The molecule has 1 aromatic rings. The third-order valence-electron chi connectivity index (χ3n) is 2.68. The van der Waals surface area contributed by atoms with Crippen LogP contribution in [0.1, 0.15) is 5.56 Å². The largest absolute Gasteiger partial charge is 0.468 e. The lowest BCUT2D eigenvalue weighted by Gasteiger charge is -2.20. The van der Waals surface area contributed by atoms with Gasteiger partial charge >= 0.3 is 11.9 Å². The van der Waals surface area contributed by atoms with E-state index < -0.39 is 16.9 Å². The molecular formula is C12H15N3O6. The lowest BCUT2D eigenvalue weighted by molar-refractivity contribution is -0.385. The first kappa shape index (κ1) is 16.3. The van der Waals surface area contributed by atoms with Crippen LogP contribution in [0.2, 0.25) is 0 Å². The number of pyridine rings is 1. The van der Waals surface area contributed by atoms with Crippen molar-refractivity contribution in [2.75, 3.05) is 32.2 Å². The summed E-state index contributed by atoms with van der Waals surface area (Å²) in [7, 11) is 2.40. The molecule has 0 amide bonds. The first-order chi connectivity index (χ1) is 9.88. The monoisotopic (exact) mass is 297 g/mol. The standard InChI is InChI=1S/C12H15N3O6/c1-8-5-13-10(4-9(8)15(18)19)14(6-11(16)20-2)7-12(17)21-3/h4-5H,6-7H2,1-3H3. The van der Waals surface area contributed by atoms with Crippen molar-refractivity contribution in [1.82, 2.24) is 4.98 Å². The van der Waals surface area contributed by atoms with E-state index in [1.807, 2.05) is 0 Å². The molecule has 0 bridgehead atoms. The van der Waals surface area contributed by atoms with Gasteiger partial charge in [0.25, 0.3) is 5.69 Å². The Balaban J connectivity index is 3.12. The van der Waals surface area contributed by atoms with Crippen LogP contribution in [-0.4, -0.2) is 49.2 Å². The third-order valence-corrected chi connectivity index (χ3v) is 2.68. The van der Waals surface area contributed by atoms with Crippen molar-refractivity contribution in [3.05, 3.63) is 27.9 Å². The van der Waals surface area contributed by atoms with E-state index in [-0.39, 0.29) is 24.6 Å². The van der Waals surface area contributed by atoms with E-state index in [4.69, 9.17) is 0 Å². The van der Waals surface area contributed by atoms with Gasteiger partial charge in [-0.1, -0.05) is 0 Å². The van der Waals surface area contributed by atoms with Crippen LogP contribution < -0.4 is 4.90 Å². The average Bonchev–Trinajstić information content (AvgIpc) is 2.46. The minimum Gasteiger partial charge on any atom is -0.468 e. The number of esters is 2. The maximum absolute atomic E-state index is 11.4. The van der Waals surface area contributed by atoms with Gasteiger partial charge in [0.1, 0.15) is 18.9 Å². The van der Waals surface area contributed by atoms with Gasteiger partial charge in [0, 0.05) is 11.8 Å².